The van der Waals surface area contributed by atoms with Gasteiger partial charge in [-0.05, 0) is 60.2 Å². The van der Waals surface area contributed by atoms with E-state index in [0.717, 1.165) is 22.0 Å². The van der Waals surface area contributed by atoms with Crippen molar-refractivity contribution in [3.8, 4) is 0 Å². The number of hydrogen-bond acceptors (Lipinski definition) is 7. The predicted molar refractivity (Wildman–Crippen MR) is 137 cm³/mol. The average Bonchev–Trinajstić information content (AvgIpc) is 3.29. The Morgan fingerprint density at radius 1 is 1.11 bits per heavy atom. The summed E-state index contributed by atoms with van der Waals surface area (Å²) in [5.74, 6) is 0.165. The summed E-state index contributed by atoms with van der Waals surface area (Å²) in [7, 11) is 0. The number of aromatic amines is 1. The van der Waals surface area contributed by atoms with Crippen molar-refractivity contribution in [2.75, 3.05) is 6.61 Å². The second-order valence-electron chi connectivity index (χ2n) is 8.98. The third-order valence-electron chi connectivity index (χ3n) is 6.31. The van der Waals surface area contributed by atoms with Crippen LogP contribution in [0.1, 0.15) is 54.4 Å². The van der Waals surface area contributed by atoms with Gasteiger partial charge in [-0.25, -0.2) is 4.68 Å². The molecular formula is C27H32N6O3. The maximum Gasteiger partial charge on any atom is 0.327 e. The minimum absolute atomic E-state index is 0.0686. The third-order valence-corrected chi connectivity index (χ3v) is 6.31. The zero-order valence-corrected chi connectivity index (χ0v) is 21.2. The number of nitrogens with one attached hydrogen (secondary N) is 1. The molecule has 4 aromatic rings. The van der Waals surface area contributed by atoms with Gasteiger partial charge < -0.3 is 9.72 Å². The number of fused-ring (bicyclic) bond motifs is 1. The number of H-pyrrole nitrogens is 1. The fourth-order valence-electron chi connectivity index (χ4n) is 4.46. The van der Waals surface area contributed by atoms with E-state index in [1.807, 2.05) is 38.1 Å². The number of carbonyl (C=O) groups is 1. The molecule has 0 aliphatic rings. The molecule has 0 fully saturated rings. The molecule has 0 saturated heterocycles. The lowest BCUT2D eigenvalue weighted by Gasteiger charge is -2.30. The minimum Gasteiger partial charge on any atom is -0.465 e. The number of pyridine rings is 1. The van der Waals surface area contributed by atoms with Gasteiger partial charge in [0.05, 0.1) is 18.2 Å². The van der Waals surface area contributed by atoms with Crippen LogP contribution in [-0.2, 0) is 29.2 Å². The van der Waals surface area contributed by atoms with Gasteiger partial charge in [0.2, 0.25) is 0 Å². The van der Waals surface area contributed by atoms with E-state index in [-0.39, 0.29) is 24.8 Å². The molecule has 9 nitrogen and oxygen atoms in total. The SMILES string of the molecule is CCOC(=O)Cn1nnnc1[C@@H](CC)N(Cc1ccc(C)cc1)Cc1cc2cccc(C)c2[nH]c1=O. The topological polar surface area (TPSA) is 106 Å². The van der Waals surface area contributed by atoms with E-state index < -0.39 is 5.97 Å². The first-order chi connectivity index (χ1) is 17.4. The average molecular weight is 489 g/mol. The molecule has 0 spiro atoms. The Balaban J connectivity index is 1.72. The van der Waals surface area contributed by atoms with Crippen LogP contribution in [0.3, 0.4) is 0 Å². The number of aryl methyl sites for hydroxylation is 2. The Labute approximate surface area is 210 Å². The van der Waals surface area contributed by atoms with E-state index >= 15 is 0 Å². The molecule has 36 heavy (non-hydrogen) atoms. The van der Waals surface area contributed by atoms with Crippen molar-refractivity contribution in [3.63, 3.8) is 0 Å². The van der Waals surface area contributed by atoms with Crippen LogP contribution < -0.4 is 5.56 Å². The first kappa shape index (κ1) is 25.2. The minimum atomic E-state index is -0.396. The third kappa shape index (κ3) is 5.68. The van der Waals surface area contributed by atoms with Crippen LogP contribution in [0.25, 0.3) is 10.9 Å². The number of ether oxygens (including phenoxy) is 1. The highest BCUT2D eigenvalue weighted by atomic mass is 16.5. The van der Waals surface area contributed by atoms with Gasteiger partial charge in [-0.15, -0.1) is 5.10 Å². The van der Waals surface area contributed by atoms with Crippen molar-refractivity contribution in [1.29, 1.82) is 0 Å². The monoisotopic (exact) mass is 488 g/mol. The Bertz CT molecular complexity index is 1390. The number of esters is 1. The molecule has 0 aliphatic carbocycles. The van der Waals surface area contributed by atoms with Gasteiger partial charge >= 0.3 is 5.97 Å². The fourth-order valence-corrected chi connectivity index (χ4v) is 4.46. The van der Waals surface area contributed by atoms with Gasteiger partial charge in [-0.2, -0.15) is 0 Å². The number of aromatic nitrogens is 5. The molecule has 188 valence electrons. The predicted octanol–water partition coefficient (Wildman–Crippen LogP) is 3.85. The van der Waals surface area contributed by atoms with Crippen LogP contribution in [0.2, 0.25) is 0 Å². The number of tetrazole rings is 1. The zero-order valence-electron chi connectivity index (χ0n) is 21.2. The fraction of sp³-hybridized carbons (Fsp3) is 0.370. The molecule has 9 heteroatoms. The van der Waals surface area contributed by atoms with Crippen LogP contribution >= 0.6 is 0 Å². The molecule has 0 unspecified atom stereocenters. The standard InChI is InChI=1S/C27H32N6O3/c1-5-23(26-29-30-31-33(26)17-24(34)36-6-2)32(15-20-12-10-18(3)11-13-20)16-22-14-21-9-7-8-19(4)25(21)28-27(22)35/h7-14,23H,5-6,15-17H2,1-4H3,(H,28,35)/t23-/m1/s1. The summed E-state index contributed by atoms with van der Waals surface area (Å²) in [6.07, 6.45) is 0.680. The molecule has 0 radical (unpaired) electrons. The maximum absolute atomic E-state index is 13.1. The molecule has 1 N–H and O–H groups in total. The molecule has 2 aromatic carbocycles. The summed E-state index contributed by atoms with van der Waals surface area (Å²) in [4.78, 5) is 30.5. The van der Waals surface area contributed by atoms with Crippen LogP contribution in [0.15, 0.2) is 53.3 Å². The van der Waals surface area contributed by atoms with Crippen LogP contribution in [0, 0.1) is 13.8 Å². The van der Waals surface area contributed by atoms with Gasteiger partial charge in [-0.1, -0.05) is 55.0 Å². The summed E-state index contributed by atoms with van der Waals surface area (Å²) >= 11 is 0. The van der Waals surface area contributed by atoms with Crippen molar-refractivity contribution in [3.05, 3.63) is 87.0 Å². The van der Waals surface area contributed by atoms with Crippen LogP contribution in [0.4, 0.5) is 0 Å². The van der Waals surface area contributed by atoms with Gasteiger partial charge in [0.25, 0.3) is 5.56 Å². The van der Waals surface area contributed by atoms with Gasteiger partial charge in [0, 0.05) is 18.7 Å². The Kier molecular flexibility index (Phi) is 7.90. The van der Waals surface area contributed by atoms with Crippen molar-refractivity contribution in [1.82, 2.24) is 30.1 Å². The summed E-state index contributed by atoms with van der Waals surface area (Å²) in [6.45, 7) is 9.03. The summed E-state index contributed by atoms with van der Waals surface area (Å²) in [5.41, 5.74) is 4.70. The maximum atomic E-state index is 13.1. The van der Waals surface area contributed by atoms with E-state index in [2.05, 4.69) is 56.6 Å². The lowest BCUT2D eigenvalue weighted by atomic mass is 10.1. The first-order valence-corrected chi connectivity index (χ1v) is 12.2. The van der Waals surface area contributed by atoms with Crippen molar-refractivity contribution in [2.45, 2.75) is 59.8 Å². The van der Waals surface area contributed by atoms with Gasteiger partial charge in [0.1, 0.15) is 6.54 Å². The highest BCUT2D eigenvalue weighted by molar-refractivity contribution is 5.81. The molecule has 2 aromatic heterocycles. The largest absolute Gasteiger partial charge is 0.465 e. The number of benzene rings is 2. The zero-order chi connectivity index (χ0) is 25.7. The molecule has 0 aliphatic heterocycles. The van der Waals surface area contributed by atoms with Gasteiger partial charge in [-0.3, -0.25) is 14.5 Å². The van der Waals surface area contributed by atoms with Gasteiger partial charge in [0.15, 0.2) is 5.82 Å². The number of para-hydroxylation sites is 1. The van der Waals surface area contributed by atoms with E-state index in [0.29, 0.717) is 30.9 Å². The summed E-state index contributed by atoms with van der Waals surface area (Å²) < 4.78 is 6.59. The van der Waals surface area contributed by atoms with Crippen LogP contribution in [-0.4, -0.2) is 42.7 Å². The van der Waals surface area contributed by atoms with Crippen molar-refractivity contribution < 1.29 is 9.53 Å². The number of hydrogen-bond donors (Lipinski definition) is 1. The van der Waals surface area contributed by atoms with Crippen molar-refractivity contribution >= 4 is 16.9 Å². The van der Waals surface area contributed by atoms with E-state index in [1.54, 1.807) is 6.92 Å². The number of carbonyl (C=O) groups excluding carboxylic acids is 1. The van der Waals surface area contributed by atoms with E-state index in [9.17, 15) is 9.59 Å². The highest BCUT2D eigenvalue weighted by Crippen LogP contribution is 2.27. The molecular weight excluding hydrogens is 456 g/mol. The summed E-state index contributed by atoms with van der Waals surface area (Å²) in [5, 5.41) is 13.1. The second-order valence-corrected chi connectivity index (χ2v) is 8.98. The summed E-state index contributed by atoms with van der Waals surface area (Å²) in [6, 6.07) is 16.0. The van der Waals surface area contributed by atoms with E-state index in [4.69, 9.17) is 4.74 Å². The normalized spacial score (nSPS) is 12.2. The molecule has 0 saturated carbocycles. The first-order valence-electron chi connectivity index (χ1n) is 12.2. The molecule has 0 bridgehead atoms. The molecule has 2 heterocycles. The number of nitrogens with zero attached hydrogens (tertiary/aromatic N) is 5. The van der Waals surface area contributed by atoms with Crippen LogP contribution in [0.5, 0.6) is 0 Å². The molecule has 1 atom stereocenters. The lowest BCUT2D eigenvalue weighted by molar-refractivity contribution is -0.144. The lowest BCUT2D eigenvalue weighted by Crippen LogP contribution is -2.33. The second kappa shape index (κ2) is 11.3. The number of rotatable bonds is 10. The Hall–Kier alpha value is -3.85. The highest BCUT2D eigenvalue weighted by Gasteiger charge is 2.27. The molecule has 0 amide bonds. The Morgan fingerprint density at radius 2 is 1.89 bits per heavy atom. The van der Waals surface area contributed by atoms with E-state index in [1.165, 1.54) is 10.2 Å². The smallest absolute Gasteiger partial charge is 0.327 e. The Morgan fingerprint density at radius 3 is 2.61 bits per heavy atom. The molecule has 4 rings (SSSR count). The quantitative estimate of drug-likeness (QED) is 0.338. The van der Waals surface area contributed by atoms with Crippen molar-refractivity contribution in [2.24, 2.45) is 0 Å².